The second-order valence-corrected chi connectivity index (χ2v) is 0. The second-order valence-electron chi connectivity index (χ2n) is 0. The van der Waals surface area contributed by atoms with E-state index in [0.29, 0.717) is 0 Å². The molecule has 0 aromatic rings. The van der Waals surface area contributed by atoms with E-state index in [1.54, 1.807) is 0 Å². The van der Waals surface area contributed by atoms with Crippen molar-refractivity contribution in [2.24, 2.45) is 0 Å². The first-order valence-corrected chi connectivity index (χ1v) is 1.01. The van der Waals surface area contributed by atoms with Crippen molar-refractivity contribution < 1.29 is 4.66 Å². The van der Waals surface area contributed by atoms with Crippen LogP contribution in [0.25, 0.3) is 0 Å². The lowest BCUT2D eigenvalue weighted by molar-refractivity contribution is 0.632. The van der Waals surface area contributed by atoms with Crippen LogP contribution >= 0.6 is 21.8 Å². The van der Waals surface area contributed by atoms with E-state index in [2.05, 4.69) is 25.0 Å². The van der Waals surface area contributed by atoms with Gasteiger partial charge in [0.1, 0.15) is 0 Å². The highest BCUT2D eigenvalue weighted by Gasteiger charge is 0.897. The number of hydrogen-bond acceptors (Lipinski definition) is 1. The van der Waals surface area contributed by atoms with Gasteiger partial charge >= 0.3 is 0 Å². The van der Waals surface area contributed by atoms with Gasteiger partial charge in [0.15, 0.2) is 0 Å². The molecule has 0 fully saturated rings. The minimum Gasteiger partial charge on any atom is -0.295 e. The Morgan fingerprint density at radius 3 is 1.20 bits per heavy atom. The molecule has 1 N–H and O–H groups in total. The van der Waals surface area contributed by atoms with E-state index in [9.17, 15) is 0 Å². The molecule has 1 atom stereocenters. The predicted molar refractivity (Wildman–Crippen MR) is 30.4 cm³/mol. The van der Waals surface area contributed by atoms with Gasteiger partial charge in [0.25, 0.3) is 0 Å². The molecule has 34 valence electrons. The van der Waals surface area contributed by atoms with Gasteiger partial charge in [-0.15, -0.1) is 13.2 Å². The van der Waals surface area contributed by atoms with Crippen LogP contribution in [-0.4, -0.2) is 4.66 Å². The van der Waals surface area contributed by atoms with Crippen LogP contribution in [0.4, 0.5) is 0 Å². The minimum atomic E-state index is 0. The summed E-state index contributed by atoms with van der Waals surface area (Å²) in [5.74, 6) is 0. The summed E-state index contributed by atoms with van der Waals surface area (Å²) in [6.07, 6.45) is 0. The molecule has 0 rings (SSSR count). The standard InChI is InChI=1S/C2H4.ClHO.H3P/c2*1-2;/h1-2H2;2H;1H3. The molecule has 1 unspecified atom stereocenters. The number of hydrogen-bond donors (Lipinski definition) is 1. The van der Waals surface area contributed by atoms with Gasteiger partial charge in [-0.1, -0.05) is 0 Å². The summed E-state index contributed by atoms with van der Waals surface area (Å²) in [6.45, 7) is 6.00. The Morgan fingerprint density at radius 1 is 1.20 bits per heavy atom. The van der Waals surface area contributed by atoms with Gasteiger partial charge in [0.05, 0.1) is 11.9 Å². The van der Waals surface area contributed by atoms with Crippen molar-refractivity contribution in [3.05, 3.63) is 13.2 Å². The molecule has 0 aromatic carbocycles. The van der Waals surface area contributed by atoms with E-state index in [0.717, 1.165) is 0 Å². The van der Waals surface area contributed by atoms with Gasteiger partial charge in [-0.05, 0) is 0 Å². The van der Waals surface area contributed by atoms with E-state index in [1.807, 2.05) is 0 Å². The van der Waals surface area contributed by atoms with E-state index in [1.165, 1.54) is 0 Å². The summed E-state index contributed by atoms with van der Waals surface area (Å²) in [6, 6.07) is 0. The van der Waals surface area contributed by atoms with Crippen LogP contribution < -0.4 is 0 Å². The highest BCUT2D eigenvalue weighted by atomic mass is 35.5. The Morgan fingerprint density at radius 2 is 1.20 bits per heavy atom. The molecule has 0 spiro atoms. The molecule has 0 amide bonds. The molecule has 0 heterocycles. The van der Waals surface area contributed by atoms with Crippen LogP contribution in [0.5, 0.6) is 0 Å². The van der Waals surface area contributed by atoms with E-state index in [-0.39, 0.29) is 9.90 Å². The third-order valence-electron chi connectivity index (χ3n) is 0. The zero-order valence-electron chi connectivity index (χ0n) is 2.95. The van der Waals surface area contributed by atoms with Crippen molar-refractivity contribution >= 4 is 21.8 Å². The quantitative estimate of drug-likeness (QED) is 0.368. The Bertz CT molecular complexity index is 9.61. The lowest BCUT2D eigenvalue weighted by Gasteiger charge is -1.13. The zero-order valence-corrected chi connectivity index (χ0v) is 5.12. The summed E-state index contributed by atoms with van der Waals surface area (Å²) in [5, 5.41) is 0. The first-order valence-electron chi connectivity index (χ1n) is 0.669. The second kappa shape index (κ2) is 293. The molecular formula is C2H8ClOP. The van der Waals surface area contributed by atoms with Crippen molar-refractivity contribution in [2.45, 2.75) is 0 Å². The van der Waals surface area contributed by atoms with Crippen LogP contribution in [-0.2, 0) is 0 Å². The highest BCUT2D eigenvalue weighted by molar-refractivity contribution is 6.92. The van der Waals surface area contributed by atoms with Crippen molar-refractivity contribution in [3.63, 3.8) is 0 Å². The Hall–Kier alpha value is 0.420. The maximum absolute atomic E-state index is 6.47. The minimum absolute atomic E-state index is 0. The maximum Gasteiger partial charge on any atom is 0.0579 e. The molecule has 3 heteroatoms. The summed E-state index contributed by atoms with van der Waals surface area (Å²) in [7, 11) is 0. The van der Waals surface area contributed by atoms with Crippen LogP contribution in [0.3, 0.4) is 0 Å². The maximum atomic E-state index is 6.47. The van der Waals surface area contributed by atoms with Crippen molar-refractivity contribution in [3.8, 4) is 0 Å². The molecule has 0 aliphatic heterocycles. The fraction of sp³-hybridized carbons (Fsp3) is 0. The summed E-state index contributed by atoms with van der Waals surface area (Å²) >= 11 is 3.64. The third-order valence-corrected chi connectivity index (χ3v) is 0. The van der Waals surface area contributed by atoms with Gasteiger partial charge in [-0.3, -0.25) is 4.66 Å². The normalized spacial score (nSPS) is 2.00. The molecule has 5 heavy (non-hydrogen) atoms. The largest absolute Gasteiger partial charge is 0.295 e. The van der Waals surface area contributed by atoms with E-state index >= 15 is 0 Å². The van der Waals surface area contributed by atoms with Crippen molar-refractivity contribution in [1.82, 2.24) is 0 Å². The monoisotopic (exact) mass is 114 g/mol. The van der Waals surface area contributed by atoms with Crippen LogP contribution in [0, 0.1) is 0 Å². The smallest absolute Gasteiger partial charge is 0.0579 e. The average Bonchev–Trinajstić information content (AvgIpc) is 1.50. The van der Waals surface area contributed by atoms with Crippen LogP contribution in [0.1, 0.15) is 0 Å². The molecule has 0 aliphatic carbocycles. The number of rotatable bonds is 0. The predicted octanol–water partition coefficient (Wildman–Crippen LogP) is 0.993. The summed E-state index contributed by atoms with van der Waals surface area (Å²) in [4.78, 5) is 0. The van der Waals surface area contributed by atoms with Gasteiger partial charge in [-0.2, -0.15) is 9.90 Å². The fourth-order valence-electron chi connectivity index (χ4n) is 0. The van der Waals surface area contributed by atoms with E-state index in [4.69, 9.17) is 4.66 Å². The molecule has 1 nitrogen and oxygen atoms in total. The number of halogens is 1. The Kier molecular flexibility index (Phi) is 1060. The zero-order chi connectivity index (χ0) is 4.00. The third kappa shape index (κ3) is 147. The van der Waals surface area contributed by atoms with Gasteiger partial charge in [-0.25, -0.2) is 0 Å². The molecule has 0 radical (unpaired) electrons. The highest BCUT2D eigenvalue weighted by Crippen LogP contribution is 1.31. The van der Waals surface area contributed by atoms with Gasteiger partial charge in [0, 0.05) is 0 Å². The topological polar surface area (TPSA) is 20.2 Å². The SMILES string of the molecule is C=C.OCl.P. The van der Waals surface area contributed by atoms with Gasteiger partial charge < -0.3 is 0 Å². The Labute approximate surface area is 40.4 Å². The summed E-state index contributed by atoms with van der Waals surface area (Å²) in [5.41, 5.74) is 0. The first-order chi connectivity index (χ1) is 2.00. The van der Waals surface area contributed by atoms with Crippen LogP contribution in [0.2, 0.25) is 0 Å². The first kappa shape index (κ1) is 18.1. The fourth-order valence-corrected chi connectivity index (χ4v) is 0. The summed E-state index contributed by atoms with van der Waals surface area (Å²) < 4.78 is 6.47. The van der Waals surface area contributed by atoms with Crippen molar-refractivity contribution in [1.29, 1.82) is 0 Å². The molecular weight excluding hydrogens is 106 g/mol. The lowest BCUT2D eigenvalue weighted by Crippen LogP contribution is -0.913. The van der Waals surface area contributed by atoms with Crippen LogP contribution in [0.15, 0.2) is 13.2 Å². The molecule has 0 bridgehead atoms. The van der Waals surface area contributed by atoms with E-state index < -0.39 is 0 Å². The lowest BCUT2D eigenvalue weighted by atomic mass is 11.3. The molecule has 0 aliphatic rings. The average molecular weight is 115 g/mol. The molecule has 0 aromatic heterocycles. The molecule has 0 saturated carbocycles. The van der Waals surface area contributed by atoms with Crippen molar-refractivity contribution in [2.75, 3.05) is 0 Å². The van der Waals surface area contributed by atoms with Gasteiger partial charge in [0.2, 0.25) is 0 Å². The molecule has 0 saturated heterocycles. The Balaban J connectivity index is -0.0000000133.